The number of esters is 2. The number of carbonyl (C=O) groups is 2. The van der Waals surface area contributed by atoms with Gasteiger partial charge in [-0.25, -0.2) is 0 Å². The van der Waals surface area contributed by atoms with E-state index in [1.807, 2.05) is 6.92 Å². The van der Waals surface area contributed by atoms with Crippen LogP contribution in [0.25, 0.3) is 0 Å². The minimum atomic E-state index is -5.13. The van der Waals surface area contributed by atoms with E-state index < -0.39 is 41.3 Å². The van der Waals surface area contributed by atoms with Gasteiger partial charge >= 0.3 is 23.9 Å². The molecular weight excluding hydrogens is 401 g/mol. The van der Waals surface area contributed by atoms with Crippen LogP contribution >= 0.6 is 0 Å². The van der Waals surface area contributed by atoms with Crippen molar-refractivity contribution in [3.63, 3.8) is 0 Å². The SMILES string of the molecule is CCC(C)(CC(=O)OC(C)(O)C(F)(F)F)C(=O)OC1(CC)C2CC3CC(C2)CC1C3. The van der Waals surface area contributed by atoms with Gasteiger partial charge < -0.3 is 14.6 Å². The van der Waals surface area contributed by atoms with Gasteiger partial charge in [0.15, 0.2) is 0 Å². The second-order valence-electron chi connectivity index (χ2n) is 10.0. The molecule has 4 saturated carbocycles. The van der Waals surface area contributed by atoms with Crippen molar-refractivity contribution in [2.24, 2.45) is 29.1 Å². The fourth-order valence-electron chi connectivity index (χ4n) is 6.07. The largest absolute Gasteiger partial charge is 0.458 e. The van der Waals surface area contributed by atoms with E-state index in [1.54, 1.807) is 6.92 Å². The number of rotatable bonds is 7. The Morgan fingerprint density at radius 2 is 1.50 bits per heavy atom. The Labute approximate surface area is 175 Å². The van der Waals surface area contributed by atoms with Gasteiger partial charge in [0.05, 0.1) is 11.8 Å². The summed E-state index contributed by atoms with van der Waals surface area (Å²) in [6, 6.07) is 0. The second kappa shape index (κ2) is 7.68. The second-order valence-corrected chi connectivity index (χ2v) is 10.0. The van der Waals surface area contributed by atoms with Gasteiger partial charge in [0.25, 0.3) is 0 Å². The molecule has 0 aromatic rings. The van der Waals surface area contributed by atoms with Gasteiger partial charge in [-0.1, -0.05) is 13.8 Å². The topological polar surface area (TPSA) is 72.8 Å². The molecule has 4 fully saturated rings. The lowest BCUT2D eigenvalue weighted by molar-refractivity contribution is -0.343. The van der Waals surface area contributed by atoms with Crippen LogP contribution in [0.1, 0.15) is 79.1 Å². The highest BCUT2D eigenvalue weighted by Crippen LogP contribution is 2.61. The zero-order chi connectivity index (χ0) is 22.5. The van der Waals surface area contributed by atoms with Crippen molar-refractivity contribution in [2.75, 3.05) is 0 Å². The molecule has 0 heterocycles. The van der Waals surface area contributed by atoms with Crippen molar-refractivity contribution in [2.45, 2.75) is 96.6 Å². The number of ether oxygens (including phenoxy) is 2. The fraction of sp³-hybridized carbons (Fsp3) is 0.909. The van der Waals surface area contributed by atoms with Gasteiger partial charge in [-0.05, 0) is 75.5 Å². The minimum Gasteiger partial charge on any atom is -0.458 e. The molecule has 0 radical (unpaired) electrons. The van der Waals surface area contributed by atoms with Crippen molar-refractivity contribution >= 4 is 11.9 Å². The molecular formula is C22H33F3O5. The summed E-state index contributed by atoms with van der Waals surface area (Å²) in [5, 5.41) is 9.42. The number of aliphatic hydroxyl groups is 1. The Morgan fingerprint density at radius 3 is 1.90 bits per heavy atom. The fourth-order valence-corrected chi connectivity index (χ4v) is 6.07. The van der Waals surface area contributed by atoms with E-state index in [2.05, 4.69) is 4.74 Å². The summed E-state index contributed by atoms with van der Waals surface area (Å²) >= 11 is 0. The third-order valence-corrected chi connectivity index (χ3v) is 8.00. The summed E-state index contributed by atoms with van der Waals surface area (Å²) < 4.78 is 48.9. The summed E-state index contributed by atoms with van der Waals surface area (Å²) in [6.45, 7) is 5.59. The number of halogens is 3. The van der Waals surface area contributed by atoms with Crippen LogP contribution in [-0.2, 0) is 19.1 Å². The minimum absolute atomic E-state index is 0.204. The van der Waals surface area contributed by atoms with E-state index in [1.165, 1.54) is 13.3 Å². The van der Waals surface area contributed by atoms with Gasteiger partial charge in [-0.15, -0.1) is 0 Å². The van der Waals surface area contributed by atoms with Crippen molar-refractivity contribution in [3.8, 4) is 0 Å². The monoisotopic (exact) mass is 434 g/mol. The molecule has 8 heteroatoms. The lowest BCUT2D eigenvalue weighted by Gasteiger charge is -2.60. The highest BCUT2D eigenvalue weighted by atomic mass is 19.4. The highest BCUT2D eigenvalue weighted by Gasteiger charge is 2.60. The van der Waals surface area contributed by atoms with E-state index >= 15 is 0 Å². The molecule has 1 N–H and O–H groups in total. The van der Waals surface area contributed by atoms with Crippen LogP contribution in [0.2, 0.25) is 0 Å². The maximum Gasteiger partial charge on any atom is 0.455 e. The zero-order valence-electron chi connectivity index (χ0n) is 18.2. The molecule has 4 aliphatic carbocycles. The molecule has 0 aliphatic heterocycles. The molecule has 2 atom stereocenters. The standard InChI is InChI=1S/C22H33F3O5/c1-5-19(3,12-17(26)29-20(4,28)22(23,24)25)18(27)30-21(6-2)15-8-13-7-14(10-15)11-16(21)9-13/h13-16,28H,5-12H2,1-4H3. The summed E-state index contributed by atoms with van der Waals surface area (Å²) in [5.41, 5.74) is -1.88. The van der Waals surface area contributed by atoms with E-state index in [-0.39, 0.29) is 6.42 Å². The van der Waals surface area contributed by atoms with E-state index in [0.717, 1.165) is 25.7 Å². The first-order valence-electron chi connectivity index (χ1n) is 11.0. The Kier molecular flexibility index (Phi) is 5.98. The predicted molar refractivity (Wildman–Crippen MR) is 102 cm³/mol. The molecule has 0 spiro atoms. The molecule has 4 aliphatic rings. The molecule has 0 aromatic heterocycles. The Hall–Kier alpha value is -1.31. The van der Waals surface area contributed by atoms with Crippen molar-refractivity contribution < 1.29 is 37.3 Å². The highest BCUT2D eigenvalue weighted by molar-refractivity contribution is 5.83. The van der Waals surface area contributed by atoms with E-state index in [4.69, 9.17) is 4.74 Å². The smallest absolute Gasteiger partial charge is 0.455 e. The first-order chi connectivity index (χ1) is 13.8. The first-order valence-corrected chi connectivity index (χ1v) is 11.0. The van der Waals surface area contributed by atoms with Gasteiger partial charge in [0, 0.05) is 6.92 Å². The molecule has 30 heavy (non-hydrogen) atoms. The normalized spacial score (nSPS) is 36.7. The van der Waals surface area contributed by atoms with Gasteiger partial charge in [-0.3, -0.25) is 9.59 Å². The van der Waals surface area contributed by atoms with Gasteiger partial charge in [-0.2, -0.15) is 13.2 Å². The Balaban J connectivity index is 1.73. The lowest BCUT2D eigenvalue weighted by atomic mass is 9.49. The van der Waals surface area contributed by atoms with Gasteiger partial charge in [0.1, 0.15) is 5.60 Å². The van der Waals surface area contributed by atoms with Crippen LogP contribution in [-0.4, -0.2) is 34.6 Å². The number of alkyl halides is 3. The predicted octanol–water partition coefficient (Wildman–Crippen LogP) is 4.75. The van der Waals surface area contributed by atoms with Crippen LogP contribution in [0.4, 0.5) is 13.2 Å². The van der Waals surface area contributed by atoms with Crippen LogP contribution in [0.3, 0.4) is 0 Å². The molecule has 0 saturated heterocycles. The average molecular weight is 434 g/mol. The van der Waals surface area contributed by atoms with Crippen molar-refractivity contribution in [3.05, 3.63) is 0 Å². The zero-order valence-corrected chi connectivity index (χ0v) is 18.2. The lowest BCUT2D eigenvalue weighted by Crippen LogP contribution is -2.60. The molecule has 0 aromatic carbocycles. The van der Waals surface area contributed by atoms with Crippen molar-refractivity contribution in [1.82, 2.24) is 0 Å². The first kappa shape index (κ1) is 23.4. The third kappa shape index (κ3) is 3.96. The van der Waals surface area contributed by atoms with Gasteiger partial charge in [0.2, 0.25) is 0 Å². The summed E-state index contributed by atoms with van der Waals surface area (Å²) in [4.78, 5) is 25.4. The molecule has 172 valence electrons. The molecule has 5 nitrogen and oxygen atoms in total. The Morgan fingerprint density at radius 1 is 1.00 bits per heavy atom. The number of hydrogen-bond acceptors (Lipinski definition) is 5. The van der Waals surface area contributed by atoms with Crippen LogP contribution in [0, 0.1) is 29.1 Å². The molecule has 0 amide bonds. The quantitative estimate of drug-likeness (QED) is 0.462. The number of carbonyl (C=O) groups excluding carboxylic acids is 2. The maximum absolute atomic E-state index is 13.2. The number of hydrogen-bond donors (Lipinski definition) is 1. The van der Waals surface area contributed by atoms with Crippen LogP contribution in [0.5, 0.6) is 0 Å². The van der Waals surface area contributed by atoms with Crippen LogP contribution in [0.15, 0.2) is 0 Å². The van der Waals surface area contributed by atoms with Crippen LogP contribution < -0.4 is 0 Å². The van der Waals surface area contributed by atoms with E-state index in [0.29, 0.717) is 37.0 Å². The molecule has 4 bridgehead atoms. The Bertz CT molecular complexity index is 659. The molecule has 2 unspecified atom stereocenters. The summed E-state index contributed by atoms with van der Waals surface area (Å²) in [6.07, 6.45) is 0.642. The third-order valence-electron chi connectivity index (χ3n) is 8.00. The summed E-state index contributed by atoms with van der Waals surface area (Å²) in [7, 11) is 0. The average Bonchev–Trinajstić information content (AvgIpc) is 2.62. The van der Waals surface area contributed by atoms with E-state index in [9.17, 15) is 27.9 Å². The van der Waals surface area contributed by atoms with Crippen molar-refractivity contribution in [1.29, 1.82) is 0 Å². The maximum atomic E-state index is 13.2. The molecule has 4 rings (SSSR count). The summed E-state index contributed by atoms with van der Waals surface area (Å²) in [5.74, 6) is -3.44.